The molecule has 0 spiro atoms. The minimum absolute atomic E-state index is 0.0883. The van der Waals surface area contributed by atoms with Gasteiger partial charge < -0.3 is 10.2 Å². The number of nitrogens with zero attached hydrogens (tertiary/aromatic N) is 2. The number of urea groups is 1. The van der Waals surface area contributed by atoms with Crippen molar-refractivity contribution in [3.8, 4) is 0 Å². The van der Waals surface area contributed by atoms with E-state index in [1.807, 2.05) is 50.2 Å². The fraction of sp³-hybridized carbons (Fsp3) is 0.364. The SMILES string of the molecule is CCc1ccc(N2C(=O)N(CC(=O)Nc3ccc(C)cc3)[C@@H]3CS(=O)(=O)C[C@H]32)cc1. The lowest BCUT2D eigenvalue weighted by Crippen LogP contribution is -2.42. The van der Waals surface area contributed by atoms with Crippen LogP contribution in [0.15, 0.2) is 48.5 Å². The van der Waals surface area contributed by atoms with Gasteiger partial charge in [-0.3, -0.25) is 9.69 Å². The van der Waals surface area contributed by atoms with E-state index in [0.717, 1.165) is 17.5 Å². The van der Waals surface area contributed by atoms with Gasteiger partial charge in [0.05, 0.1) is 23.6 Å². The highest BCUT2D eigenvalue weighted by Gasteiger charge is 2.54. The number of sulfone groups is 1. The van der Waals surface area contributed by atoms with E-state index in [1.165, 1.54) is 9.80 Å². The maximum Gasteiger partial charge on any atom is 0.325 e. The Labute approximate surface area is 176 Å². The summed E-state index contributed by atoms with van der Waals surface area (Å²) in [6, 6.07) is 13.6. The standard InChI is InChI=1S/C22H25N3O4S/c1-3-16-6-10-18(11-7-16)25-20-14-30(28,29)13-19(20)24(22(25)27)12-21(26)23-17-8-4-15(2)5-9-17/h4-11,19-20H,3,12-14H2,1-2H3,(H,23,26)/t19-,20-/m1/s1. The number of benzene rings is 2. The lowest BCUT2D eigenvalue weighted by Gasteiger charge is -2.22. The number of anilines is 2. The first-order valence-corrected chi connectivity index (χ1v) is 11.9. The van der Waals surface area contributed by atoms with Crippen molar-refractivity contribution in [2.45, 2.75) is 32.4 Å². The van der Waals surface area contributed by atoms with Crippen LogP contribution in [0, 0.1) is 6.92 Å². The van der Waals surface area contributed by atoms with Gasteiger partial charge in [0.15, 0.2) is 9.84 Å². The van der Waals surface area contributed by atoms with E-state index in [-0.39, 0.29) is 30.0 Å². The van der Waals surface area contributed by atoms with Crippen LogP contribution in [0.3, 0.4) is 0 Å². The van der Waals surface area contributed by atoms with Crippen LogP contribution in [0.4, 0.5) is 16.2 Å². The molecule has 30 heavy (non-hydrogen) atoms. The summed E-state index contributed by atoms with van der Waals surface area (Å²) in [7, 11) is -3.28. The van der Waals surface area contributed by atoms with Crippen molar-refractivity contribution in [3.63, 3.8) is 0 Å². The van der Waals surface area contributed by atoms with Crippen LogP contribution in [-0.2, 0) is 21.1 Å². The Morgan fingerprint density at radius 3 is 2.30 bits per heavy atom. The highest BCUT2D eigenvalue weighted by molar-refractivity contribution is 7.91. The third-order valence-electron chi connectivity index (χ3n) is 5.75. The number of fused-ring (bicyclic) bond motifs is 1. The Hall–Kier alpha value is -2.87. The molecule has 2 fully saturated rings. The number of rotatable bonds is 5. The molecule has 1 N–H and O–H groups in total. The molecule has 0 unspecified atom stereocenters. The smallest absolute Gasteiger partial charge is 0.325 e. The topological polar surface area (TPSA) is 86.8 Å². The van der Waals surface area contributed by atoms with Crippen molar-refractivity contribution in [2.24, 2.45) is 0 Å². The molecule has 0 aromatic heterocycles. The molecule has 2 heterocycles. The summed E-state index contributed by atoms with van der Waals surface area (Å²) >= 11 is 0. The van der Waals surface area contributed by atoms with Crippen LogP contribution >= 0.6 is 0 Å². The molecule has 0 bridgehead atoms. The van der Waals surface area contributed by atoms with Gasteiger partial charge in [0.1, 0.15) is 6.54 Å². The Morgan fingerprint density at radius 1 is 1.03 bits per heavy atom. The third-order valence-corrected chi connectivity index (χ3v) is 7.45. The van der Waals surface area contributed by atoms with Gasteiger partial charge in [-0.05, 0) is 43.2 Å². The largest absolute Gasteiger partial charge is 0.325 e. The first-order valence-electron chi connectivity index (χ1n) is 10.0. The summed E-state index contributed by atoms with van der Waals surface area (Å²) in [5.41, 5.74) is 3.51. The fourth-order valence-corrected chi connectivity index (χ4v) is 6.10. The summed E-state index contributed by atoms with van der Waals surface area (Å²) in [6.07, 6.45) is 0.875. The molecule has 2 saturated heterocycles. The molecule has 2 aliphatic rings. The quantitative estimate of drug-likeness (QED) is 0.743. The van der Waals surface area contributed by atoms with Crippen molar-refractivity contribution in [1.82, 2.24) is 4.90 Å². The Balaban J connectivity index is 1.57. The molecule has 0 radical (unpaired) electrons. The average molecular weight is 428 g/mol. The molecule has 158 valence electrons. The normalized spacial score (nSPS) is 22.3. The van der Waals surface area contributed by atoms with Crippen LogP contribution in [-0.4, -0.2) is 55.4 Å². The predicted molar refractivity (Wildman–Crippen MR) is 116 cm³/mol. The zero-order valence-corrected chi connectivity index (χ0v) is 17.9. The van der Waals surface area contributed by atoms with Gasteiger partial charge in [0, 0.05) is 11.4 Å². The molecule has 3 amide bonds. The fourth-order valence-electron chi connectivity index (χ4n) is 4.15. The molecule has 7 nitrogen and oxygen atoms in total. The van der Waals surface area contributed by atoms with Crippen molar-refractivity contribution >= 4 is 33.2 Å². The van der Waals surface area contributed by atoms with E-state index in [4.69, 9.17) is 0 Å². The molecule has 2 aromatic carbocycles. The van der Waals surface area contributed by atoms with Crippen LogP contribution in [0.5, 0.6) is 0 Å². The Kier molecular flexibility index (Phi) is 5.27. The number of nitrogens with one attached hydrogen (secondary N) is 1. The maximum absolute atomic E-state index is 13.2. The summed E-state index contributed by atoms with van der Waals surface area (Å²) in [5, 5.41) is 2.79. The zero-order chi connectivity index (χ0) is 21.5. The summed E-state index contributed by atoms with van der Waals surface area (Å²) in [4.78, 5) is 28.7. The van der Waals surface area contributed by atoms with Gasteiger partial charge in [-0.2, -0.15) is 0 Å². The number of aryl methyl sites for hydroxylation is 2. The Bertz CT molecular complexity index is 1060. The van der Waals surface area contributed by atoms with Crippen molar-refractivity contribution < 1.29 is 18.0 Å². The van der Waals surface area contributed by atoms with Gasteiger partial charge in [-0.15, -0.1) is 0 Å². The number of carbonyl (C=O) groups is 2. The number of hydrogen-bond acceptors (Lipinski definition) is 4. The monoisotopic (exact) mass is 427 g/mol. The van der Waals surface area contributed by atoms with Crippen LogP contribution in [0.2, 0.25) is 0 Å². The first kappa shape index (κ1) is 20.4. The molecule has 2 atom stereocenters. The minimum atomic E-state index is -3.28. The van der Waals surface area contributed by atoms with E-state index in [2.05, 4.69) is 5.32 Å². The molecule has 2 aliphatic heterocycles. The van der Waals surface area contributed by atoms with Gasteiger partial charge in [0.2, 0.25) is 5.91 Å². The van der Waals surface area contributed by atoms with Gasteiger partial charge >= 0.3 is 6.03 Å². The van der Waals surface area contributed by atoms with Crippen molar-refractivity contribution in [3.05, 3.63) is 59.7 Å². The van der Waals surface area contributed by atoms with E-state index < -0.39 is 21.9 Å². The second kappa shape index (κ2) is 7.75. The molecular formula is C22H25N3O4S. The van der Waals surface area contributed by atoms with E-state index in [9.17, 15) is 18.0 Å². The van der Waals surface area contributed by atoms with Crippen LogP contribution in [0.25, 0.3) is 0 Å². The average Bonchev–Trinajstić information content (AvgIpc) is 3.14. The van der Waals surface area contributed by atoms with Crippen LogP contribution in [0.1, 0.15) is 18.1 Å². The van der Waals surface area contributed by atoms with Gasteiger partial charge in [-0.1, -0.05) is 36.8 Å². The van der Waals surface area contributed by atoms with Crippen LogP contribution < -0.4 is 10.2 Å². The number of carbonyl (C=O) groups excluding carboxylic acids is 2. The van der Waals surface area contributed by atoms with E-state index in [0.29, 0.717) is 11.4 Å². The summed E-state index contributed by atoms with van der Waals surface area (Å²) in [6.45, 7) is 3.81. The number of hydrogen-bond donors (Lipinski definition) is 1. The maximum atomic E-state index is 13.2. The predicted octanol–water partition coefficient (Wildman–Crippen LogP) is 2.60. The molecule has 2 aromatic rings. The minimum Gasteiger partial charge on any atom is -0.325 e. The van der Waals surface area contributed by atoms with Crippen molar-refractivity contribution in [1.29, 1.82) is 0 Å². The first-order chi connectivity index (χ1) is 14.3. The molecule has 0 aliphatic carbocycles. The van der Waals surface area contributed by atoms with E-state index >= 15 is 0 Å². The summed E-state index contributed by atoms with van der Waals surface area (Å²) in [5.74, 6) is -0.557. The summed E-state index contributed by atoms with van der Waals surface area (Å²) < 4.78 is 24.6. The molecule has 8 heteroatoms. The van der Waals surface area contributed by atoms with Gasteiger partial charge in [-0.25, -0.2) is 13.2 Å². The van der Waals surface area contributed by atoms with Crippen molar-refractivity contribution in [2.75, 3.05) is 28.3 Å². The molecule has 0 saturated carbocycles. The molecular weight excluding hydrogens is 402 g/mol. The van der Waals surface area contributed by atoms with E-state index in [1.54, 1.807) is 12.1 Å². The highest BCUT2D eigenvalue weighted by atomic mass is 32.2. The second-order valence-electron chi connectivity index (χ2n) is 7.93. The Morgan fingerprint density at radius 2 is 1.67 bits per heavy atom. The lowest BCUT2D eigenvalue weighted by molar-refractivity contribution is -0.116. The third kappa shape index (κ3) is 3.92. The lowest BCUT2D eigenvalue weighted by atomic mass is 10.1. The second-order valence-corrected chi connectivity index (χ2v) is 10.1. The highest BCUT2D eigenvalue weighted by Crippen LogP contribution is 2.35. The number of amides is 3. The zero-order valence-electron chi connectivity index (χ0n) is 17.0. The van der Waals surface area contributed by atoms with Gasteiger partial charge in [0.25, 0.3) is 0 Å². The molecule has 4 rings (SSSR count).